The molecular weight excluding hydrogens is 292 g/mol. The Morgan fingerprint density at radius 3 is 3.04 bits per heavy atom. The molecule has 1 fully saturated rings. The van der Waals surface area contributed by atoms with E-state index >= 15 is 0 Å². The number of para-hydroxylation sites is 1. The van der Waals surface area contributed by atoms with E-state index in [1.807, 2.05) is 24.4 Å². The summed E-state index contributed by atoms with van der Waals surface area (Å²) < 4.78 is 7.64. The number of rotatable bonds is 4. The molecular formula is C17H20N4O2. The van der Waals surface area contributed by atoms with Crippen molar-refractivity contribution in [1.29, 1.82) is 0 Å². The molecule has 0 aliphatic carbocycles. The fraction of sp³-hybridized carbons (Fsp3) is 0.412. The second kappa shape index (κ2) is 6.14. The first-order chi connectivity index (χ1) is 11.4. The van der Waals surface area contributed by atoms with Gasteiger partial charge in [-0.25, -0.2) is 9.67 Å². The number of aliphatic hydroxyl groups is 1. The van der Waals surface area contributed by atoms with Crippen molar-refractivity contribution < 1.29 is 9.84 Å². The molecule has 0 spiro atoms. The van der Waals surface area contributed by atoms with Gasteiger partial charge in [-0.2, -0.15) is 5.10 Å². The number of fused-ring (bicyclic) bond motifs is 1. The van der Waals surface area contributed by atoms with Crippen molar-refractivity contribution in [2.75, 3.05) is 13.2 Å². The molecule has 2 aromatic heterocycles. The predicted octanol–water partition coefficient (Wildman–Crippen LogP) is 2.66. The van der Waals surface area contributed by atoms with Gasteiger partial charge in [-0.05, 0) is 25.3 Å². The maximum atomic E-state index is 9.32. The molecule has 6 nitrogen and oxygen atoms in total. The Morgan fingerprint density at radius 2 is 2.22 bits per heavy atom. The molecule has 3 heterocycles. The number of H-pyrrole nitrogens is 1. The molecule has 0 unspecified atom stereocenters. The van der Waals surface area contributed by atoms with Crippen LogP contribution >= 0.6 is 0 Å². The Labute approximate surface area is 134 Å². The number of hydrogen-bond donors (Lipinski definition) is 2. The highest BCUT2D eigenvalue weighted by Crippen LogP contribution is 2.30. The van der Waals surface area contributed by atoms with Crippen LogP contribution < -0.4 is 0 Å². The summed E-state index contributed by atoms with van der Waals surface area (Å²) in [5, 5.41) is 15.0. The lowest BCUT2D eigenvalue weighted by molar-refractivity contribution is 0.00627. The van der Waals surface area contributed by atoms with Crippen molar-refractivity contribution in [2.24, 2.45) is 0 Å². The highest BCUT2D eigenvalue weighted by atomic mass is 16.5. The van der Waals surface area contributed by atoms with E-state index in [2.05, 4.69) is 16.1 Å². The molecule has 120 valence electrons. The molecule has 1 saturated heterocycles. The van der Waals surface area contributed by atoms with Crippen LogP contribution in [0.15, 0.2) is 30.5 Å². The lowest BCUT2D eigenvalue weighted by Crippen LogP contribution is -2.18. The van der Waals surface area contributed by atoms with Crippen molar-refractivity contribution in [3.8, 4) is 11.4 Å². The second-order valence-corrected chi connectivity index (χ2v) is 5.84. The standard InChI is InChI=1S/C17H20N4O2/c22-9-8-21-17(15-7-3-4-10-23-15)19-16(20-21)13-11-18-14-6-2-1-5-12(13)14/h1-2,5-6,11,15,18,22H,3-4,7-10H2/t15-/m1/s1. The Bertz CT molecular complexity index is 802. The number of nitrogens with zero attached hydrogens (tertiary/aromatic N) is 3. The zero-order valence-electron chi connectivity index (χ0n) is 12.9. The molecule has 1 aromatic carbocycles. The average Bonchev–Trinajstić information content (AvgIpc) is 3.20. The minimum absolute atomic E-state index is 0.0262. The zero-order chi connectivity index (χ0) is 15.6. The largest absolute Gasteiger partial charge is 0.394 e. The lowest BCUT2D eigenvalue weighted by Gasteiger charge is -2.21. The van der Waals surface area contributed by atoms with Gasteiger partial charge in [-0.3, -0.25) is 0 Å². The highest BCUT2D eigenvalue weighted by molar-refractivity contribution is 5.93. The average molecular weight is 312 g/mol. The SMILES string of the molecule is OCCn1nc(-c2c[nH]c3ccccc23)nc1[C@H]1CCCCO1. The third-order valence-electron chi connectivity index (χ3n) is 4.31. The van der Waals surface area contributed by atoms with Crippen molar-refractivity contribution in [1.82, 2.24) is 19.7 Å². The number of aliphatic hydroxyl groups excluding tert-OH is 1. The Hall–Kier alpha value is -2.18. The summed E-state index contributed by atoms with van der Waals surface area (Å²) in [6.07, 6.45) is 5.10. The van der Waals surface area contributed by atoms with Crippen LogP contribution in [-0.4, -0.2) is 38.1 Å². The second-order valence-electron chi connectivity index (χ2n) is 5.84. The monoisotopic (exact) mass is 312 g/mol. The number of benzene rings is 1. The number of aromatic amines is 1. The molecule has 0 bridgehead atoms. The van der Waals surface area contributed by atoms with Gasteiger partial charge in [-0.1, -0.05) is 18.2 Å². The van der Waals surface area contributed by atoms with Crippen molar-refractivity contribution in [3.05, 3.63) is 36.3 Å². The smallest absolute Gasteiger partial charge is 0.183 e. The lowest BCUT2D eigenvalue weighted by atomic mass is 10.1. The first kappa shape index (κ1) is 14.4. The van der Waals surface area contributed by atoms with Crippen LogP contribution in [0.5, 0.6) is 0 Å². The first-order valence-electron chi connectivity index (χ1n) is 8.10. The van der Waals surface area contributed by atoms with Gasteiger partial charge < -0.3 is 14.8 Å². The van der Waals surface area contributed by atoms with Crippen LogP contribution in [0.25, 0.3) is 22.3 Å². The Kier molecular flexibility index (Phi) is 3.85. The van der Waals surface area contributed by atoms with E-state index in [1.165, 1.54) is 0 Å². The number of hydrogen-bond acceptors (Lipinski definition) is 4. The summed E-state index contributed by atoms with van der Waals surface area (Å²) in [5.41, 5.74) is 2.05. The zero-order valence-corrected chi connectivity index (χ0v) is 12.9. The van der Waals surface area contributed by atoms with E-state index in [4.69, 9.17) is 9.72 Å². The van der Waals surface area contributed by atoms with Gasteiger partial charge in [0.2, 0.25) is 0 Å². The van der Waals surface area contributed by atoms with Crippen molar-refractivity contribution in [2.45, 2.75) is 31.9 Å². The summed E-state index contributed by atoms with van der Waals surface area (Å²) in [6.45, 7) is 1.24. The molecule has 1 atom stereocenters. The van der Waals surface area contributed by atoms with Crippen LogP contribution in [0.3, 0.4) is 0 Å². The first-order valence-corrected chi connectivity index (χ1v) is 8.10. The van der Waals surface area contributed by atoms with Crippen LogP contribution in [0.4, 0.5) is 0 Å². The van der Waals surface area contributed by atoms with Crippen molar-refractivity contribution >= 4 is 10.9 Å². The summed E-state index contributed by atoms with van der Waals surface area (Å²) in [6, 6.07) is 8.11. The molecule has 0 amide bonds. The maximum absolute atomic E-state index is 9.32. The van der Waals surface area contributed by atoms with Crippen molar-refractivity contribution in [3.63, 3.8) is 0 Å². The van der Waals surface area contributed by atoms with Crippen LogP contribution in [-0.2, 0) is 11.3 Å². The van der Waals surface area contributed by atoms with Gasteiger partial charge in [-0.15, -0.1) is 0 Å². The minimum Gasteiger partial charge on any atom is -0.394 e. The third-order valence-corrected chi connectivity index (χ3v) is 4.31. The molecule has 0 saturated carbocycles. The van der Waals surface area contributed by atoms with Gasteiger partial charge in [0.05, 0.1) is 13.2 Å². The van der Waals surface area contributed by atoms with Crippen LogP contribution in [0, 0.1) is 0 Å². The molecule has 2 N–H and O–H groups in total. The Morgan fingerprint density at radius 1 is 1.30 bits per heavy atom. The van der Waals surface area contributed by atoms with E-state index in [0.717, 1.165) is 48.2 Å². The molecule has 1 aliphatic rings. The molecule has 0 radical (unpaired) electrons. The highest BCUT2D eigenvalue weighted by Gasteiger charge is 2.24. The fourth-order valence-corrected chi connectivity index (χ4v) is 3.17. The van der Waals surface area contributed by atoms with Gasteiger partial charge in [0.25, 0.3) is 0 Å². The molecule has 1 aliphatic heterocycles. The summed E-state index contributed by atoms with van der Waals surface area (Å²) >= 11 is 0. The molecule has 4 rings (SSSR count). The van der Waals surface area contributed by atoms with Gasteiger partial charge >= 0.3 is 0 Å². The summed E-state index contributed by atoms with van der Waals surface area (Å²) in [7, 11) is 0. The van der Waals surface area contributed by atoms with E-state index in [9.17, 15) is 5.11 Å². The van der Waals surface area contributed by atoms with Gasteiger partial charge in [0.1, 0.15) is 6.10 Å². The number of aromatic nitrogens is 4. The molecule has 23 heavy (non-hydrogen) atoms. The third kappa shape index (κ3) is 2.64. The topological polar surface area (TPSA) is 76.0 Å². The van der Waals surface area contributed by atoms with E-state index < -0.39 is 0 Å². The predicted molar refractivity (Wildman–Crippen MR) is 86.9 cm³/mol. The van der Waals surface area contributed by atoms with Gasteiger partial charge in [0, 0.05) is 29.3 Å². The number of ether oxygens (including phenoxy) is 1. The summed E-state index contributed by atoms with van der Waals surface area (Å²) in [4.78, 5) is 8.00. The fourth-order valence-electron chi connectivity index (χ4n) is 3.17. The minimum atomic E-state index is -0.0262. The quantitative estimate of drug-likeness (QED) is 0.776. The van der Waals surface area contributed by atoms with Crippen LogP contribution in [0.2, 0.25) is 0 Å². The maximum Gasteiger partial charge on any atom is 0.183 e. The van der Waals surface area contributed by atoms with Gasteiger partial charge in [0.15, 0.2) is 11.6 Å². The normalized spacial score (nSPS) is 18.6. The van der Waals surface area contributed by atoms with E-state index in [1.54, 1.807) is 4.68 Å². The molecule has 3 aromatic rings. The van der Waals surface area contributed by atoms with E-state index in [0.29, 0.717) is 12.4 Å². The van der Waals surface area contributed by atoms with Crippen LogP contribution in [0.1, 0.15) is 31.2 Å². The molecule has 6 heteroatoms. The van der Waals surface area contributed by atoms with E-state index in [-0.39, 0.29) is 12.7 Å². The summed E-state index contributed by atoms with van der Waals surface area (Å²) in [5.74, 6) is 1.50. The Balaban J connectivity index is 1.77. The number of nitrogens with one attached hydrogen (secondary N) is 1.